The molecule has 0 aliphatic rings. The molecule has 1 N–H and O–H groups in total. The Hall–Kier alpha value is -0.680. The van der Waals surface area contributed by atoms with Gasteiger partial charge in [0.05, 0.1) is 20.6 Å². The molecule has 0 aliphatic carbocycles. The van der Waals surface area contributed by atoms with Gasteiger partial charge >= 0.3 is 0 Å². The van der Waals surface area contributed by atoms with Crippen LogP contribution in [0.3, 0.4) is 0 Å². The average Bonchev–Trinajstić information content (AvgIpc) is 2.42. The molecule has 0 aliphatic heterocycles. The summed E-state index contributed by atoms with van der Waals surface area (Å²) in [6, 6.07) is 6.98. The van der Waals surface area contributed by atoms with E-state index < -0.39 is 17.7 Å². The molecular formula is C14H9BrCl2F2O. The van der Waals surface area contributed by atoms with Crippen molar-refractivity contribution in [3.05, 3.63) is 67.6 Å². The maximum absolute atomic E-state index is 13.8. The Balaban J connectivity index is 2.30. The van der Waals surface area contributed by atoms with Crippen molar-refractivity contribution in [3.63, 3.8) is 0 Å². The zero-order chi connectivity index (χ0) is 14.9. The summed E-state index contributed by atoms with van der Waals surface area (Å²) >= 11 is 14.6. The minimum Gasteiger partial charge on any atom is -0.388 e. The molecule has 6 heteroatoms. The van der Waals surface area contributed by atoms with Crippen LogP contribution in [0.5, 0.6) is 0 Å². The van der Waals surface area contributed by atoms with Crippen LogP contribution in [0.1, 0.15) is 17.2 Å². The maximum atomic E-state index is 13.8. The quantitative estimate of drug-likeness (QED) is 0.714. The molecule has 1 unspecified atom stereocenters. The highest BCUT2D eigenvalue weighted by molar-refractivity contribution is 9.10. The zero-order valence-electron chi connectivity index (χ0n) is 10.0. The van der Waals surface area contributed by atoms with E-state index in [-0.39, 0.29) is 21.5 Å². The maximum Gasteiger partial charge on any atom is 0.143 e. The molecule has 0 heterocycles. The lowest BCUT2D eigenvalue weighted by Gasteiger charge is -2.13. The molecule has 2 aromatic rings. The summed E-state index contributed by atoms with van der Waals surface area (Å²) < 4.78 is 27.6. The van der Waals surface area contributed by atoms with Crippen LogP contribution in [0.25, 0.3) is 0 Å². The number of aliphatic hydroxyl groups excluding tert-OH is 1. The summed E-state index contributed by atoms with van der Waals surface area (Å²) in [6.45, 7) is 0. The van der Waals surface area contributed by atoms with Crippen molar-refractivity contribution >= 4 is 39.1 Å². The third-order valence-corrected chi connectivity index (χ3v) is 4.22. The lowest BCUT2D eigenvalue weighted by molar-refractivity contribution is 0.175. The van der Waals surface area contributed by atoms with E-state index >= 15 is 0 Å². The Labute approximate surface area is 133 Å². The number of halogens is 5. The fourth-order valence-electron chi connectivity index (χ4n) is 1.79. The van der Waals surface area contributed by atoms with Crippen LogP contribution in [-0.2, 0) is 6.42 Å². The lowest BCUT2D eigenvalue weighted by Crippen LogP contribution is -2.06. The van der Waals surface area contributed by atoms with Gasteiger partial charge in [0.2, 0.25) is 0 Å². The van der Waals surface area contributed by atoms with E-state index in [4.69, 9.17) is 23.2 Å². The van der Waals surface area contributed by atoms with Crippen molar-refractivity contribution in [1.82, 2.24) is 0 Å². The summed E-state index contributed by atoms with van der Waals surface area (Å²) in [4.78, 5) is 0. The van der Waals surface area contributed by atoms with Crippen LogP contribution >= 0.6 is 39.1 Å². The second-order valence-electron chi connectivity index (χ2n) is 4.22. The summed E-state index contributed by atoms with van der Waals surface area (Å²) in [7, 11) is 0. The van der Waals surface area contributed by atoms with Gasteiger partial charge in [-0.15, -0.1) is 0 Å². The second-order valence-corrected chi connectivity index (χ2v) is 5.88. The highest BCUT2D eigenvalue weighted by atomic mass is 79.9. The van der Waals surface area contributed by atoms with Gasteiger partial charge < -0.3 is 5.11 Å². The van der Waals surface area contributed by atoms with Crippen molar-refractivity contribution < 1.29 is 13.9 Å². The molecule has 0 amide bonds. The smallest absolute Gasteiger partial charge is 0.143 e. The third kappa shape index (κ3) is 3.31. The fourth-order valence-corrected chi connectivity index (χ4v) is 2.47. The van der Waals surface area contributed by atoms with E-state index in [0.29, 0.717) is 10.6 Å². The highest BCUT2D eigenvalue weighted by Gasteiger charge is 2.18. The first-order valence-corrected chi connectivity index (χ1v) is 7.20. The number of hydrogen-bond donors (Lipinski definition) is 1. The van der Waals surface area contributed by atoms with Gasteiger partial charge in [0, 0.05) is 12.0 Å². The summed E-state index contributed by atoms with van der Waals surface area (Å²) in [5.41, 5.74) is 0.260. The van der Waals surface area contributed by atoms with Gasteiger partial charge in [0.15, 0.2) is 0 Å². The molecular weight excluding hydrogens is 373 g/mol. The molecule has 0 aromatic heterocycles. The SMILES string of the molecule is OC(Cc1c(F)ccc(Br)c1F)c1ccc(Cl)c(Cl)c1. The Morgan fingerprint density at radius 1 is 1.10 bits per heavy atom. The number of hydrogen-bond acceptors (Lipinski definition) is 1. The summed E-state index contributed by atoms with van der Waals surface area (Å²) in [6.07, 6.45) is -1.28. The molecule has 20 heavy (non-hydrogen) atoms. The molecule has 1 nitrogen and oxygen atoms in total. The number of benzene rings is 2. The van der Waals surface area contributed by atoms with E-state index in [2.05, 4.69) is 15.9 Å². The number of rotatable bonds is 3. The first kappa shape index (κ1) is 15.7. The van der Waals surface area contributed by atoms with E-state index in [1.54, 1.807) is 6.07 Å². The van der Waals surface area contributed by atoms with Gasteiger partial charge in [-0.2, -0.15) is 0 Å². The van der Waals surface area contributed by atoms with Crippen LogP contribution in [0.15, 0.2) is 34.8 Å². The van der Waals surface area contributed by atoms with E-state index in [0.717, 1.165) is 6.07 Å². The minimum absolute atomic E-state index is 0.148. The van der Waals surface area contributed by atoms with Crippen LogP contribution in [0.4, 0.5) is 8.78 Å². The predicted molar refractivity (Wildman–Crippen MR) is 79.2 cm³/mol. The molecule has 0 radical (unpaired) electrons. The molecule has 0 fully saturated rings. The second kappa shape index (κ2) is 6.39. The van der Waals surface area contributed by atoms with Crippen molar-refractivity contribution in [2.45, 2.75) is 12.5 Å². The monoisotopic (exact) mass is 380 g/mol. The van der Waals surface area contributed by atoms with Crippen LogP contribution in [-0.4, -0.2) is 5.11 Å². The minimum atomic E-state index is -1.08. The van der Waals surface area contributed by atoms with Gasteiger partial charge in [-0.05, 0) is 45.8 Å². The molecule has 1 atom stereocenters. The summed E-state index contributed by atoms with van der Waals surface area (Å²) in [5, 5.41) is 10.7. The molecule has 106 valence electrons. The number of aliphatic hydroxyl groups is 1. The Bertz CT molecular complexity index is 649. The van der Waals surface area contributed by atoms with Crippen LogP contribution in [0.2, 0.25) is 10.0 Å². The lowest BCUT2D eigenvalue weighted by atomic mass is 10.0. The van der Waals surface area contributed by atoms with E-state index in [1.165, 1.54) is 18.2 Å². The van der Waals surface area contributed by atoms with Crippen molar-refractivity contribution in [2.75, 3.05) is 0 Å². The third-order valence-electron chi connectivity index (χ3n) is 2.86. The van der Waals surface area contributed by atoms with Crippen molar-refractivity contribution in [2.24, 2.45) is 0 Å². The molecule has 0 spiro atoms. The fraction of sp³-hybridized carbons (Fsp3) is 0.143. The molecule has 2 rings (SSSR count). The van der Waals surface area contributed by atoms with Crippen LogP contribution in [0, 0.1) is 11.6 Å². The van der Waals surface area contributed by atoms with Gasteiger partial charge in [-0.25, -0.2) is 8.78 Å². The Kier molecular flexibility index (Phi) is 5.02. The Morgan fingerprint density at radius 3 is 2.45 bits per heavy atom. The van der Waals surface area contributed by atoms with Gasteiger partial charge in [0.25, 0.3) is 0 Å². The molecule has 0 bridgehead atoms. The van der Waals surface area contributed by atoms with Crippen molar-refractivity contribution in [3.8, 4) is 0 Å². The normalized spacial score (nSPS) is 12.5. The standard InChI is InChI=1S/C14H9BrCl2F2O/c15-9-2-4-12(18)8(14(9)19)6-13(20)7-1-3-10(16)11(17)5-7/h1-5,13,20H,6H2. The highest BCUT2D eigenvalue weighted by Crippen LogP contribution is 2.29. The largest absolute Gasteiger partial charge is 0.388 e. The van der Waals surface area contributed by atoms with E-state index in [9.17, 15) is 13.9 Å². The molecule has 2 aromatic carbocycles. The van der Waals surface area contributed by atoms with Gasteiger partial charge in [-0.3, -0.25) is 0 Å². The van der Waals surface area contributed by atoms with Crippen LogP contribution < -0.4 is 0 Å². The predicted octanol–water partition coefficient (Wildman–Crippen LogP) is 5.31. The molecule has 0 saturated heterocycles. The van der Waals surface area contributed by atoms with Gasteiger partial charge in [-0.1, -0.05) is 29.3 Å². The average molecular weight is 382 g/mol. The topological polar surface area (TPSA) is 20.2 Å². The Morgan fingerprint density at radius 2 is 1.80 bits per heavy atom. The first-order valence-electron chi connectivity index (χ1n) is 5.65. The van der Waals surface area contributed by atoms with E-state index in [1.807, 2.05) is 0 Å². The van der Waals surface area contributed by atoms with Gasteiger partial charge in [0.1, 0.15) is 11.6 Å². The first-order chi connectivity index (χ1) is 9.40. The summed E-state index contributed by atoms with van der Waals surface area (Å²) in [5.74, 6) is -1.42. The molecule has 0 saturated carbocycles. The zero-order valence-corrected chi connectivity index (χ0v) is 13.1. The van der Waals surface area contributed by atoms with Crippen molar-refractivity contribution in [1.29, 1.82) is 0 Å².